The predicted octanol–water partition coefficient (Wildman–Crippen LogP) is -0.581. The van der Waals surface area contributed by atoms with E-state index in [4.69, 9.17) is 5.73 Å². The number of carbonyl (C=O) groups is 1. The van der Waals surface area contributed by atoms with E-state index in [2.05, 4.69) is 5.32 Å². The zero-order chi connectivity index (χ0) is 7.56. The monoisotopic (exact) mass is 146 g/mol. The van der Waals surface area contributed by atoms with E-state index in [0.717, 1.165) is 0 Å². The van der Waals surface area contributed by atoms with E-state index >= 15 is 0 Å². The van der Waals surface area contributed by atoms with Crippen molar-refractivity contribution in [1.82, 2.24) is 5.32 Å². The first kappa shape index (κ1) is 7.47. The topological polar surface area (TPSA) is 55.1 Å². The Morgan fingerprint density at radius 2 is 2.40 bits per heavy atom. The fourth-order valence-corrected chi connectivity index (χ4v) is 1.11. The molecule has 0 aromatic rings. The van der Waals surface area contributed by atoms with E-state index in [-0.39, 0.29) is 0 Å². The molecule has 1 rings (SSSR count). The third kappa shape index (κ3) is 1.44. The summed E-state index contributed by atoms with van der Waals surface area (Å²) in [5, 5.41) is 2.91. The average Bonchev–Trinajstić information content (AvgIpc) is 1.88. The van der Waals surface area contributed by atoms with Crippen LogP contribution >= 0.6 is 0 Å². The number of hydrogen-bond acceptors (Lipinski definition) is 2. The largest absolute Gasteiger partial charge is 0.369 e. The maximum atomic E-state index is 12.8. The van der Waals surface area contributed by atoms with Crippen LogP contribution in [0.4, 0.5) is 4.39 Å². The molecule has 0 saturated carbocycles. The zero-order valence-electron chi connectivity index (χ0n) is 5.64. The Balaban J connectivity index is 2.47. The molecule has 0 spiro atoms. The van der Waals surface area contributed by atoms with Crippen molar-refractivity contribution >= 4 is 5.91 Å². The Morgan fingerprint density at radius 3 is 2.80 bits per heavy atom. The number of halogens is 1. The zero-order valence-corrected chi connectivity index (χ0v) is 5.64. The molecule has 1 fully saturated rings. The molecule has 1 aliphatic rings. The SMILES string of the molecule is NC(=O)C1CNCCC1F. The molecule has 10 heavy (non-hydrogen) atoms. The minimum absolute atomic E-state index is 0.385. The van der Waals surface area contributed by atoms with Crippen molar-refractivity contribution in [2.24, 2.45) is 11.7 Å². The van der Waals surface area contributed by atoms with Gasteiger partial charge in [0.2, 0.25) is 5.91 Å². The lowest BCUT2D eigenvalue weighted by atomic mass is 9.97. The summed E-state index contributed by atoms with van der Waals surface area (Å²) in [6.45, 7) is 1.03. The van der Waals surface area contributed by atoms with Crippen LogP contribution in [-0.2, 0) is 4.79 Å². The molecular formula is C6H11FN2O. The van der Waals surface area contributed by atoms with Gasteiger partial charge in [-0.3, -0.25) is 4.79 Å². The van der Waals surface area contributed by atoms with Gasteiger partial charge in [-0.25, -0.2) is 4.39 Å². The van der Waals surface area contributed by atoms with Crippen LogP contribution < -0.4 is 11.1 Å². The molecule has 3 N–H and O–H groups in total. The van der Waals surface area contributed by atoms with Gasteiger partial charge >= 0.3 is 0 Å². The summed E-state index contributed by atoms with van der Waals surface area (Å²) in [6.07, 6.45) is -0.646. The normalized spacial score (nSPS) is 33.7. The van der Waals surface area contributed by atoms with Gasteiger partial charge in [0, 0.05) is 6.54 Å². The van der Waals surface area contributed by atoms with Gasteiger partial charge in [-0.1, -0.05) is 0 Å². The summed E-state index contributed by atoms with van der Waals surface area (Å²) in [5.41, 5.74) is 4.94. The van der Waals surface area contributed by atoms with E-state index in [0.29, 0.717) is 19.5 Å². The number of nitrogens with one attached hydrogen (secondary N) is 1. The number of hydrogen-bond donors (Lipinski definition) is 2. The maximum Gasteiger partial charge on any atom is 0.224 e. The highest BCUT2D eigenvalue weighted by molar-refractivity contribution is 5.77. The lowest BCUT2D eigenvalue weighted by Gasteiger charge is -2.23. The molecule has 1 aliphatic heterocycles. The number of rotatable bonds is 1. The summed E-state index contributed by atoms with van der Waals surface area (Å²) in [6, 6.07) is 0. The van der Waals surface area contributed by atoms with Gasteiger partial charge in [0.25, 0.3) is 0 Å². The Morgan fingerprint density at radius 1 is 1.70 bits per heavy atom. The molecule has 1 heterocycles. The molecule has 3 nitrogen and oxygen atoms in total. The Labute approximate surface area is 58.8 Å². The first-order valence-electron chi connectivity index (χ1n) is 3.36. The summed E-state index contributed by atoms with van der Waals surface area (Å²) in [4.78, 5) is 10.5. The van der Waals surface area contributed by atoms with Crippen LogP contribution in [-0.4, -0.2) is 25.2 Å². The van der Waals surface area contributed by atoms with Crippen molar-refractivity contribution in [2.75, 3.05) is 13.1 Å². The van der Waals surface area contributed by atoms with Crippen LogP contribution in [0.25, 0.3) is 0 Å². The van der Waals surface area contributed by atoms with Crippen LogP contribution in [0.15, 0.2) is 0 Å². The van der Waals surface area contributed by atoms with E-state index in [1.807, 2.05) is 0 Å². The van der Waals surface area contributed by atoms with Crippen molar-refractivity contribution in [3.8, 4) is 0 Å². The third-order valence-corrected chi connectivity index (χ3v) is 1.76. The lowest BCUT2D eigenvalue weighted by molar-refractivity contribution is -0.124. The second-order valence-corrected chi connectivity index (χ2v) is 2.52. The molecule has 0 radical (unpaired) electrons. The van der Waals surface area contributed by atoms with Crippen molar-refractivity contribution in [1.29, 1.82) is 0 Å². The van der Waals surface area contributed by atoms with Gasteiger partial charge in [0.15, 0.2) is 0 Å². The highest BCUT2D eigenvalue weighted by atomic mass is 19.1. The number of nitrogens with two attached hydrogens (primary N) is 1. The third-order valence-electron chi connectivity index (χ3n) is 1.76. The number of alkyl halides is 1. The average molecular weight is 146 g/mol. The van der Waals surface area contributed by atoms with E-state index in [1.54, 1.807) is 0 Å². The van der Waals surface area contributed by atoms with Gasteiger partial charge < -0.3 is 11.1 Å². The number of primary amides is 1. The summed E-state index contributed by atoms with van der Waals surface area (Å²) >= 11 is 0. The molecule has 58 valence electrons. The van der Waals surface area contributed by atoms with Gasteiger partial charge in [0.05, 0.1) is 5.92 Å². The standard InChI is InChI=1S/C6H11FN2O/c7-5-1-2-9-3-4(5)6(8)10/h4-5,9H,1-3H2,(H2,8,10). The molecule has 1 saturated heterocycles. The van der Waals surface area contributed by atoms with E-state index in [9.17, 15) is 9.18 Å². The highest BCUT2D eigenvalue weighted by Crippen LogP contribution is 2.13. The fraction of sp³-hybridized carbons (Fsp3) is 0.833. The van der Waals surface area contributed by atoms with Crippen LogP contribution in [0.3, 0.4) is 0 Å². The van der Waals surface area contributed by atoms with Crippen molar-refractivity contribution in [2.45, 2.75) is 12.6 Å². The van der Waals surface area contributed by atoms with E-state index in [1.165, 1.54) is 0 Å². The molecule has 0 aromatic carbocycles. The molecule has 4 heteroatoms. The van der Waals surface area contributed by atoms with Gasteiger partial charge in [-0.15, -0.1) is 0 Å². The maximum absolute atomic E-state index is 12.8. The lowest BCUT2D eigenvalue weighted by Crippen LogP contribution is -2.44. The van der Waals surface area contributed by atoms with Crippen LogP contribution in [0.2, 0.25) is 0 Å². The molecule has 2 unspecified atom stereocenters. The van der Waals surface area contributed by atoms with Crippen molar-refractivity contribution in [3.63, 3.8) is 0 Å². The number of piperidine rings is 1. The van der Waals surface area contributed by atoms with Crippen molar-refractivity contribution in [3.05, 3.63) is 0 Å². The van der Waals surface area contributed by atoms with Crippen LogP contribution in [0, 0.1) is 5.92 Å². The fourth-order valence-electron chi connectivity index (χ4n) is 1.11. The second kappa shape index (κ2) is 2.96. The number of carbonyl (C=O) groups excluding carboxylic acids is 1. The molecule has 1 amide bonds. The first-order chi connectivity index (χ1) is 4.72. The highest BCUT2D eigenvalue weighted by Gasteiger charge is 2.28. The van der Waals surface area contributed by atoms with Gasteiger partial charge in [-0.05, 0) is 13.0 Å². The minimum Gasteiger partial charge on any atom is -0.369 e. The Hall–Kier alpha value is -0.640. The van der Waals surface area contributed by atoms with Crippen LogP contribution in [0.1, 0.15) is 6.42 Å². The Kier molecular flexibility index (Phi) is 2.21. The van der Waals surface area contributed by atoms with Gasteiger partial charge in [0.1, 0.15) is 6.17 Å². The predicted molar refractivity (Wildman–Crippen MR) is 35.1 cm³/mol. The summed E-state index contributed by atoms with van der Waals surface area (Å²) in [5.74, 6) is -1.16. The molecular weight excluding hydrogens is 135 g/mol. The molecule has 0 aliphatic carbocycles. The molecule has 0 aromatic heterocycles. The number of amides is 1. The first-order valence-corrected chi connectivity index (χ1v) is 3.36. The van der Waals surface area contributed by atoms with Crippen LogP contribution in [0.5, 0.6) is 0 Å². The van der Waals surface area contributed by atoms with Crippen molar-refractivity contribution < 1.29 is 9.18 Å². The summed E-state index contributed by atoms with van der Waals surface area (Å²) in [7, 11) is 0. The van der Waals surface area contributed by atoms with E-state index < -0.39 is 18.0 Å². The minimum atomic E-state index is -1.04. The quantitative estimate of drug-likeness (QED) is 0.520. The summed E-state index contributed by atoms with van der Waals surface area (Å²) < 4.78 is 12.8. The Bertz CT molecular complexity index is 140. The smallest absolute Gasteiger partial charge is 0.224 e. The molecule has 0 bridgehead atoms. The second-order valence-electron chi connectivity index (χ2n) is 2.52. The molecule has 2 atom stereocenters. The van der Waals surface area contributed by atoms with Gasteiger partial charge in [-0.2, -0.15) is 0 Å².